The van der Waals surface area contributed by atoms with Gasteiger partial charge in [0.2, 0.25) is 0 Å². The maximum Gasteiger partial charge on any atom is 0.124 e. The van der Waals surface area contributed by atoms with E-state index in [0.717, 1.165) is 23.5 Å². The molecule has 1 saturated carbocycles. The molecule has 1 aromatic carbocycles. The number of imidazole rings is 1. The molecule has 4 rings (SSSR count). The SMILES string of the molecule is c1ccc(-c2cnc([C@H]3N[C@@H]4CC[C@H]3C4)[nH]2)cc1. The van der Waals surface area contributed by atoms with Crippen LogP contribution in [-0.4, -0.2) is 16.0 Å². The predicted octanol–water partition coefficient (Wildman–Crippen LogP) is 2.89. The standard InChI is InChI=1S/C15H17N3/c1-2-4-10(5-3-1)13-9-16-15(18-13)14-11-6-7-12(8-11)17-14/h1-5,9,11-12,14,17H,6-8H2,(H,16,18)/t11-,12+,14-/m0/s1. The minimum Gasteiger partial charge on any atom is -0.341 e. The van der Waals surface area contributed by atoms with Gasteiger partial charge in [0.1, 0.15) is 5.82 Å². The summed E-state index contributed by atoms with van der Waals surface area (Å²) in [6.07, 6.45) is 5.97. The molecule has 2 aliphatic rings. The van der Waals surface area contributed by atoms with Crippen molar-refractivity contribution < 1.29 is 0 Å². The van der Waals surface area contributed by atoms with Crippen LogP contribution in [0, 0.1) is 5.92 Å². The van der Waals surface area contributed by atoms with Crippen molar-refractivity contribution in [2.24, 2.45) is 5.92 Å². The van der Waals surface area contributed by atoms with E-state index in [0.29, 0.717) is 6.04 Å². The second kappa shape index (κ2) is 3.95. The van der Waals surface area contributed by atoms with Gasteiger partial charge in [0.25, 0.3) is 0 Å². The molecule has 0 radical (unpaired) electrons. The van der Waals surface area contributed by atoms with Crippen LogP contribution in [0.2, 0.25) is 0 Å². The van der Waals surface area contributed by atoms with Crippen LogP contribution >= 0.6 is 0 Å². The van der Waals surface area contributed by atoms with Gasteiger partial charge in [0, 0.05) is 6.04 Å². The molecule has 92 valence electrons. The average Bonchev–Trinajstić information content (AvgIpc) is 3.15. The Morgan fingerprint density at radius 3 is 2.72 bits per heavy atom. The maximum absolute atomic E-state index is 4.58. The molecule has 2 aromatic rings. The van der Waals surface area contributed by atoms with E-state index in [1.165, 1.54) is 24.8 Å². The van der Waals surface area contributed by atoms with E-state index in [4.69, 9.17) is 0 Å². The highest BCUT2D eigenvalue weighted by Crippen LogP contribution is 2.42. The number of aromatic amines is 1. The lowest BCUT2D eigenvalue weighted by atomic mass is 10.00. The molecule has 1 aromatic heterocycles. The Kier molecular flexibility index (Phi) is 2.27. The fraction of sp³-hybridized carbons (Fsp3) is 0.400. The molecule has 2 fully saturated rings. The number of piperidine rings is 1. The summed E-state index contributed by atoms with van der Waals surface area (Å²) in [5.41, 5.74) is 2.33. The number of hydrogen-bond acceptors (Lipinski definition) is 2. The summed E-state index contributed by atoms with van der Waals surface area (Å²) >= 11 is 0. The van der Waals surface area contributed by atoms with Gasteiger partial charge < -0.3 is 10.3 Å². The molecular formula is C15H17N3. The van der Waals surface area contributed by atoms with E-state index in [2.05, 4.69) is 39.6 Å². The summed E-state index contributed by atoms with van der Waals surface area (Å²) in [7, 11) is 0. The van der Waals surface area contributed by atoms with Crippen LogP contribution in [0.1, 0.15) is 31.1 Å². The average molecular weight is 239 g/mol. The van der Waals surface area contributed by atoms with E-state index < -0.39 is 0 Å². The van der Waals surface area contributed by atoms with Crippen LogP contribution < -0.4 is 5.32 Å². The number of benzene rings is 1. The summed E-state index contributed by atoms with van der Waals surface area (Å²) in [5, 5.41) is 3.68. The van der Waals surface area contributed by atoms with Gasteiger partial charge in [0.05, 0.1) is 17.9 Å². The largest absolute Gasteiger partial charge is 0.341 e. The Labute approximate surface area is 107 Å². The topological polar surface area (TPSA) is 40.7 Å². The van der Waals surface area contributed by atoms with Gasteiger partial charge in [-0.25, -0.2) is 4.98 Å². The zero-order valence-corrected chi connectivity index (χ0v) is 10.3. The van der Waals surface area contributed by atoms with Crippen molar-refractivity contribution in [1.82, 2.24) is 15.3 Å². The van der Waals surface area contributed by atoms with Crippen molar-refractivity contribution in [1.29, 1.82) is 0 Å². The summed E-state index contributed by atoms with van der Waals surface area (Å²) < 4.78 is 0. The molecule has 3 atom stereocenters. The first kappa shape index (κ1) is 10.3. The van der Waals surface area contributed by atoms with Crippen molar-refractivity contribution in [3.8, 4) is 11.3 Å². The Hall–Kier alpha value is -1.61. The first-order valence-corrected chi connectivity index (χ1v) is 6.76. The minimum absolute atomic E-state index is 0.446. The molecular weight excluding hydrogens is 222 g/mol. The van der Waals surface area contributed by atoms with E-state index in [-0.39, 0.29) is 0 Å². The number of nitrogens with one attached hydrogen (secondary N) is 2. The molecule has 3 nitrogen and oxygen atoms in total. The highest BCUT2D eigenvalue weighted by atomic mass is 15.1. The second-order valence-electron chi connectivity index (χ2n) is 5.46. The summed E-state index contributed by atoms with van der Waals surface area (Å²) in [6.45, 7) is 0. The molecule has 1 saturated heterocycles. The van der Waals surface area contributed by atoms with Crippen molar-refractivity contribution in [3.63, 3.8) is 0 Å². The van der Waals surface area contributed by atoms with Crippen molar-refractivity contribution in [2.75, 3.05) is 0 Å². The summed E-state index contributed by atoms with van der Waals surface area (Å²) in [5.74, 6) is 1.89. The van der Waals surface area contributed by atoms with Crippen LogP contribution in [0.25, 0.3) is 11.3 Å². The second-order valence-corrected chi connectivity index (χ2v) is 5.46. The van der Waals surface area contributed by atoms with Gasteiger partial charge >= 0.3 is 0 Å². The van der Waals surface area contributed by atoms with E-state index in [9.17, 15) is 0 Å². The van der Waals surface area contributed by atoms with Crippen LogP contribution in [0.5, 0.6) is 0 Å². The van der Waals surface area contributed by atoms with Crippen molar-refractivity contribution in [3.05, 3.63) is 42.4 Å². The van der Waals surface area contributed by atoms with Gasteiger partial charge in [-0.15, -0.1) is 0 Å². The highest BCUT2D eigenvalue weighted by molar-refractivity contribution is 5.58. The van der Waals surface area contributed by atoms with Gasteiger partial charge in [-0.3, -0.25) is 0 Å². The summed E-state index contributed by atoms with van der Waals surface area (Å²) in [6, 6.07) is 11.6. The molecule has 2 N–H and O–H groups in total. The number of aromatic nitrogens is 2. The molecule has 0 amide bonds. The van der Waals surface area contributed by atoms with E-state index in [1.54, 1.807) is 0 Å². The fourth-order valence-electron chi connectivity index (χ4n) is 3.42. The predicted molar refractivity (Wildman–Crippen MR) is 71.0 cm³/mol. The van der Waals surface area contributed by atoms with Gasteiger partial charge in [-0.2, -0.15) is 0 Å². The first-order chi connectivity index (χ1) is 8.90. The molecule has 2 heterocycles. The Morgan fingerprint density at radius 2 is 2.00 bits per heavy atom. The molecule has 1 aliphatic carbocycles. The molecule has 0 spiro atoms. The van der Waals surface area contributed by atoms with Gasteiger partial charge in [-0.1, -0.05) is 30.3 Å². The third kappa shape index (κ3) is 1.58. The lowest BCUT2D eigenvalue weighted by Crippen LogP contribution is -2.29. The molecule has 1 aliphatic heterocycles. The molecule has 18 heavy (non-hydrogen) atoms. The van der Waals surface area contributed by atoms with Crippen LogP contribution in [0.4, 0.5) is 0 Å². The monoisotopic (exact) mass is 239 g/mol. The normalized spacial score (nSPS) is 29.9. The van der Waals surface area contributed by atoms with Crippen LogP contribution in [0.3, 0.4) is 0 Å². The van der Waals surface area contributed by atoms with Gasteiger partial charge in [-0.05, 0) is 30.7 Å². The Morgan fingerprint density at radius 1 is 1.11 bits per heavy atom. The smallest absolute Gasteiger partial charge is 0.124 e. The van der Waals surface area contributed by atoms with Crippen molar-refractivity contribution >= 4 is 0 Å². The fourth-order valence-corrected chi connectivity index (χ4v) is 3.42. The number of hydrogen-bond donors (Lipinski definition) is 2. The molecule has 0 unspecified atom stereocenters. The Balaban J connectivity index is 1.63. The third-order valence-electron chi connectivity index (χ3n) is 4.33. The lowest BCUT2D eigenvalue weighted by Gasteiger charge is -2.20. The molecule has 2 bridgehead atoms. The zero-order chi connectivity index (χ0) is 11.9. The van der Waals surface area contributed by atoms with Crippen molar-refractivity contribution in [2.45, 2.75) is 31.3 Å². The number of fused-ring (bicyclic) bond motifs is 2. The quantitative estimate of drug-likeness (QED) is 0.846. The minimum atomic E-state index is 0.446. The summed E-state index contributed by atoms with van der Waals surface area (Å²) in [4.78, 5) is 8.06. The third-order valence-corrected chi connectivity index (χ3v) is 4.33. The number of rotatable bonds is 2. The van der Waals surface area contributed by atoms with E-state index in [1.807, 2.05) is 12.3 Å². The van der Waals surface area contributed by atoms with Crippen LogP contribution in [-0.2, 0) is 0 Å². The number of nitrogens with zero attached hydrogens (tertiary/aromatic N) is 1. The maximum atomic E-state index is 4.58. The molecule has 3 heteroatoms. The highest BCUT2D eigenvalue weighted by Gasteiger charge is 2.41. The number of H-pyrrole nitrogens is 1. The lowest BCUT2D eigenvalue weighted by molar-refractivity contribution is 0.379. The zero-order valence-electron chi connectivity index (χ0n) is 10.3. The van der Waals surface area contributed by atoms with E-state index >= 15 is 0 Å². The Bertz CT molecular complexity index is 546. The van der Waals surface area contributed by atoms with Crippen LogP contribution in [0.15, 0.2) is 36.5 Å². The van der Waals surface area contributed by atoms with Gasteiger partial charge in [0.15, 0.2) is 0 Å². The first-order valence-electron chi connectivity index (χ1n) is 6.76.